The van der Waals surface area contributed by atoms with Gasteiger partial charge in [0.1, 0.15) is 5.75 Å². The minimum atomic E-state index is -4.80. The van der Waals surface area contributed by atoms with Crippen LogP contribution in [0.5, 0.6) is 5.75 Å². The second-order valence-electron chi connectivity index (χ2n) is 10.3. The summed E-state index contributed by atoms with van der Waals surface area (Å²) in [5, 5.41) is 1.39. The molecule has 216 valence electrons. The van der Waals surface area contributed by atoms with Crippen LogP contribution < -0.4 is 4.74 Å². The Kier molecular flexibility index (Phi) is 8.95. The molecule has 0 spiro atoms. The highest BCUT2D eigenvalue weighted by molar-refractivity contribution is 6.38. The molecule has 1 amide bonds. The molecule has 0 saturated carbocycles. The lowest BCUT2D eigenvalue weighted by Crippen LogP contribution is -2.43. The van der Waals surface area contributed by atoms with E-state index < -0.39 is 6.36 Å². The van der Waals surface area contributed by atoms with Gasteiger partial charge in [-0.15, -0.1) is 13.2 Å². The maximum absolute atomic E-state index is 13.5. The molecule has 6 nitrogen and oxygen atoms in total. The Morgan fingerprint density at radius 2 is 1.88 bits per heavy atom. The van der Waals surface area contributed by atoms with Crippen molar-refractivity contribution in [3.8, 4) is 5.75 Å². The van der Waals surface area contributed by atoms with Gasteiger partial charge in [-0.05, 0) is 67.5 Å². The second kappa shape index (κ2) is 11.9. The summed E-state index contributed by atoms with van der Waals surface area (Å²) in [6, 6.07) is 7.80. The minimum Gasteiger partial charge on any atom is -0.466 e. The van der Waals surface area contributed by atoms with E-state index in [4.69, 9.17) is 27.9 Å². The fourth-order valence-electron chi connectivity index (χ4n) is 5.39. The molecule has 1 saturated heterocycles. The van der Waals surface area contributed by atoms with Gasteiger partial charge in [0.2, 0.25) is 0 Å². The van der Waals surface area contributed by atoms with Crippen molar-refractivity contribution in [2.75, 3.05) is 19.7 Å². The Labute approximate surface area is 240 Å². The summed E-state index contributed by atoms with van der Waals surface area (Å²) < 4.78 is 49.4. The van der Waals surface area contributed by atoms with Crippen LogP contribution in [-0.4, -0.2) is 47.4 Å². The first-order chi connectivity index (χ1) is 18.8. The van der Waals surface area contributed by atoms with Gasteiger partial charge in [0, 0.05) is 55.1 Å². The predicted octanol–water partition coefficient (Wildman–Crippen LogP) is 7.33. The van der Waals surface area contributed by atoms with Crippen molar-refractivity contribution in [1.29, 1.82) is 0 Å². The molecule has 1 fully saturated rings. The molecule has 0 bridgehead atoms. The van der Waals surface area contributed by atoms with E-state index in [1.165, 1.54) is 12.1 Å². The summed E-state index contributed by atoms with van der Waals surface area (Å²) in [7, 11) is 1.74. The predicted molar refractivity (Wildman–Crippen MR) is 148 cm³/mol. The van der Waals surface area contributed by atoms with Gasteiger partial charge in [-0.1, -0.05) is 30.1 Å². The highest BCUT2D eigenvalue weighted by Gasteiger charge is 2.33. The smallest absolute Gasteiger partial charge is 0.466 e. The maximum Gasteiger partial charge on any atom is 0.573 e. The van der Waals surface area contributed by atoms with Crippen LogP contribution in [0.4, 0.5) is 13.2 Å². The number of esters is 1. The van der Waals surface area contributed by atoms with Gasteiger partial charge >= 0.3 is 12.3 Å². The first-order valence-corrected chi connectivity index (χ1v) is 13.8. The lowest BCUT2D eigenvalue weighted by Gasteiger charge is -2.36. The number of aromatic nitrogens is 1. The number of fused-ring (bicyclic) bond motifs is 1. The molecule has 0 radical (unpaired) electrons. The number of nitrogens with zero attached hydrogens (tertiary/aromatic N) is 2. The molecule has 0 aliphatic carbocycles. The number of carbonyl (C=O) groups is 2. The van der Waals surface area contributed by atoms with Gasteiger partial charge in [0.25, 0.3) is 5.91 Å². The zero-order valence-electron chi connectivity index (χ0n) is 22.7. The van der Waals surface area contributed by atoms with Crippen LogP contribution in [0.1, 0.15) is 53.9 Å². The van der Waals surface area contributed by atoms with Gasteiger partial charge in [-0.25, -0.2) is 0 Å². The Balaban J connectivity index is 1.57. The number of likely N-dealkylation sites (tertiary alicyclic amines) is 1. The van der Waals surface area contributed by atoms with Crippen molar-refractivity contribution in [3.05, 3.63) is 62.8 Å². The molecule has 2 heterocycles. The molecule has 11 heteroatoms. The summed E-state index contributed by atoms with van der Waals surface area (Å²) in [5.74, 6) is -0.494. The van der Waals surface area contributed by atoms with E-state index in [9.17, 15) is 22.8 Å². The number of hydrogen-bond donors (Lipinski definition) is 0. The number of carbonyl (C=O) groups excluding carboxylic acids is 2. The molecule has 4 rings (SSSR count). The zero-order valence-corrected chi connectivity index (χ0v) is 24.2. The SMILES string of the molecule is CCOC(=O)C[C@@H]1CCN(C(=O)c2ccc(Cl)c(Cc3cc4c(C)cc(OC(F)(F)F)cc4n3C)c2Cl)C[C@H]1C. The van der Waals surface area contributed by atoms with Crippen molar-refractivity contribution in [3.63, 3.8) is 0 Å². The first-order valence-electron chi connectivity index (χ1n) is 13.1. The number of benzene rings is 2. The average Bonchev–Trinajstić information content (AvgIpc) is 3.17. The Morgan fingerprint density at radius 3 is 2.52 bits per heavy atom. The Morgan fingerprint density at radius 1 is 1.15 bits per heavy atom. The number of piperidine rings is 1. The van der Waals surface area contributed by atoms with Crippen LogP contribution in [0.15, 0.2) is 30.3 Å². The van der Waals surface area contributed by atoms with Crippen LogP contribution in [-0.2, 0) is 23.0 Å². The van der Waals surface area contributed by atoms with E-state index in [1.807, 2.05) is 13.0 Å². The standard InChI is InChI=1S/C29H31Cl2F3N2O4/c1-5-39-26(37)11-18-8-9-36(15-17(18)3)28(38)21-6-7-24(30)23(27(21)31)13-19-12-22-16(2)10-20(40-29(32,33)34)14-25(22)35(19)4/h6-7,10,12,14,17-18H,5,8-9,11,13,15H2,1-4H3/t17-,18+/m1/s1. The fraction of sp³-hybridized carbons (Fsp3) is 0.448. The van der Waals surface area contributed by atoms with Crippen molar-refractivity contribution < 1.29 is 32.2 Å². The summed E-state index contributed by atoms with van der Waals surface area (Å²) in [4.78, 5) is 27.2. The third kappa shape index (κ3) is 6.52. The summed E-state index contributed by atoms with van der Waals surface area (Å²) in [6.45, 7) is 6.83. The van der Waals surface area contributed by atoms with Gasteiger partial charge in [0.05, 0.1) is 22.7 Å². The molecular formula is C29H31Cl2F3N2O4. The number of alkyl halides is 3. The molecule has 0 unspecified atom stereocenters. The lowest BCUT2D eigenvalue weighted by atomic mass is 9.84. The van der Waals surface area contributed by atoms with E-state index in [-0.39, 0.29) is 40.9 Å². The molecule has 0 N–H and O–H groups in total. The highest BCUT2D eigenvalue weighted by Crippen LogP contribution is 2.36. The van der Waals surface area contributed by atoms with Crippen molar-refractivity contribution in [2.45, 2.75) is 46.4 Å². The molecule has 3 aromatic rings. The zero-order chi connectivity index (χ0) is 29.4. The van der Waals surface area contributed by atoms with Gasteiger partial charge in [-0.3, -0.25) is 9.59 Å². The molecular weight excluding hydrogens is 568 g/mol. The minimum absolute atomic E-state index is 0.109. The largest absolute Gasteiger partial charge is 0.573 e. The molecule has 1 aliphatic heterocycles. The number of halogens is 5. The molecule has 1 aromatic heterocycles. The third-order valence-electron chi connectivity index (χ3n) is 7.55. The average molecular weight is 599 g/mol. The van der Waals surface area contributed by atoms with Gasteiger partial charge in [-0.2, -0.15) is 0 Å². The van der Waals surface area contributed by atoms with Gasteiger partial charge in [0.15, 0.2) is 0 Å². The van der Waals surface area contributed by atoms with Crippen LogP contribution in [0.2, 0.25) is 10.0 Å². The van der Waals surface area contributed by atoms with E-state index in [2.05, 4.69) is 4.74 Å². The van der Waals surface area contributed by atoms with Crippen LogP contribution >= 0.6 is 23.2 Å². The maximum atomic E-state index is 13.5. The number of hydrogen-bond acceptors (Lipinski definition) is 4. The Hall–Kier alpha value is -2.91. The molecule has 2 aromatic carbocycles. The summed E-state index contributed by atoms with van der Waals surface area (Å²) in [5.41, 5.74) is 2.82. The number of amides is 1. The van der Waals surface area contributed by atoms with Crippen molar-refractivity contribution in [2.24, 2.45) is 18.9 Å². The van der Waals surface area contributed by atoms with E-state index >= 15 is 0 Å². The van der Waals surface area contributed by atoms with Gasteiger partial charge < -0.3 is 18.9 Å². The third-order valence-corrected chi connectivity index (χ3v) is 8.34. The molecule has 2 atom stereocenters. The monoisotopic (exact) mass is 598 g/mol. The van der Waals surface area contributed by atoms with E-state index in [0.29, 0.717) is 59.8 Å². The first kappa shape index (κ1) is 30.1. The van der Waals surface area contributed by atoms with Crippen LogP contribution in [0.25, 0.3) is 10.9 Å². The highest BCUT2D eigenvalue weighted by atomic mass is 35.5. The molecule has 1 aliphatic rings. The van der Waals surface area contributed by atoms with Crippen LogP contribution in [0, 0.1) is 18.8 Å². The Bertz CT molecular complexity index is 1440. The molecule has 40 heavy (non-hydrogen) atoms. The van der Waals surface area contributed by atoms with Crippen molar-refractivity contribution in [1.82, 2.24) is 9.47 Å². The fourth-order valence-corrected chi connectivity index (χ4v) is 5.97. The lowest BCUT2D eigenvalue weighted by molar-refractivity contribution is -0.274. The second-order valence-corrected chi connectivity index (χ2v) is 11.1. The summed E-state index contributed by atoms with van der Waals surface area (Å²) in [6.07, 6.45) is -3.52. The van der Waals surface area contributed by atoms with Crippen LogP contribution in [0.3, 0.4) is 0 Å². The number of ether oxygens (including phenoxy) is 2. The number of aryl methyl sites for hydroxylation is 2. The van der Waals surface area contributed by atoms with Crippen molar-refractivity contribution >= 4 is 46.0 Å². The number of rotatable bonds is 7. The summed E-state index contributed by atoms with van der Waals surface area (Å²) >= 11 is 13.3. The normalized spacial score (nSPS) is 17.8. The quantitative estimate of drug-likeness (QED) is 0.267. The van der Waals surface area contributed by atoms with E-state index in [1.54, 1.807) is 42.5 Å². The van der Waals surface area contributed by atoms with E-state index in [0.717, 1.165) is 11.1 Å². The topological polar surface area (TPSA) is 60.8 Å².